The standard InChI is InChI=1S/C50H28S/c1-3-31-11-13-35-15-21-39(41-23-17-33(5-1)47(31)49(35)41)30-9-7-29(8-10-30)37-19-25-45-43(27-37)44-28-38(20-26-46(44)51-45)40-22-16-36-14-12-32-4-2-6-34-18-24-42(40)50(36)48(32)34/h1-28H. The van der Waals surface area contributed by atoms with E-state index in [0.29, 0.717) is 0 Å². The molecule has 234 valence electrons. The van der Waals surface area contributed by atoms with Gasteiger partial charge in [0.2, 0.25) is 0 Å². The molecule has 0 atom stereocenters. The largest absolute Gasteiger partial charge is 0.135 e. The Labute approximate surface area is 298 Å². The van der Waals surface area contributed by atoms with Gasteiger partial charge in [-0.3, -0.25) is 0 Å². The summed E-state index contributed by atoms with van der Waals surface area (Å²) in [5.74, 6) is 0. The molecule has 0 aliphatic rings. The van der Waals surface area contributed by atoms with Crippen LogP contribution < -0.4 is 0 Å². The monoisotopic (exact) mass is 660 g/mol. The van der Waals surface area contributed by atoms with Gasteiger partial charge in [0.25, 0.3) is 0 Å². The zero-order chi connectivity index (χ0) is 33.2. The Morgan fingerprint density at radius 3 is 1.20 bits per heavy atom. The fourth-order valence-corrected chi connectivity index (χ4v) is 10.0. The number of benzene rings is 11. The molecule has 0 aliphatic carbocycles. The van der Waals surface area contributed by atoms with Gasteiger partial charge in [-0.15, -0.1) is 11.3 Å². The maximum Gasteiger partial charge on any atom is 0.0355 e. The predicted molar refractivity (Wildman–Crippen MR) is 223 cm³/mol. The normalized spacial score (nSPS) is 12.3. The zero-order valence-corrected chi connectivity index (χ0v) is 28.4. The molecular weight excluding hydrogens is 633 g/mol. The first-order valence-electron chi connectivity index (χ1n) is 17.7. The van der Waals surface area contributed by atoms with Crippen molar-refractivity contribution in [3.63, 3.8) is 0 Å². The summed E-state index contributed by atoms with van der Waals surface area (Å²) in [5.41, 5.74) is 7.57. The van der Waals surface area contributed by atoms with Gasteiger partial charge in [0, 0.05) is 20.2 Å². The van der Waals surface area contributed by atoms with E-state index in [1.165, 1.54) is 118 Å². The summed E-state index contributed by atoms with van der Waals surface area (Å²) in [4.78, 5) is 0. The van der Waals surface area contributed by atoms with Crippen LogP contribution in [0, 0.1) is 0 Å². The van der Waals surface area contributed by atoms with Crippen LogP contribution in [0.5, 0.6) is 0 Å². The zero-order valence-electron chi connectivity index (χ0n) is 27.6. The second-order valence-corrected chi connectivity index (χ2v) is 15.1. The summed E-state index contributed by atoms with van der Waals surface area (Å²) < 4.78 is 2.65. The molecule has 1 heteroatoms. The molecule has 51 heavy (non-hydrogen) atoms. The summed E-state index contributed by atoms with van der Waals surface area (Å²) in [6.07, 6.45) is 0. The van der Waals surface area contributed by atoms with Gasteiger partial charge in [-0.05, 0) is 122 Å². The summed E-state index contributed by atoms with van der Waals surface area (Å²) in [7, 11) is 0. The Bertz CT molecular complexity index is 3310. The minimum Gasteiger partial charge on any atom is -0.135 e. The molecule has 0 radical (unpaired) electrons. The summed E-state index contributed by atoms with van der Waals surface area (Å²) in [6.45, 7) is 0. The molecule has 0 nitrogen and oxygen atoms in total. The van der Waals surface area contributed by atoms with Crippen LogP contribution in [0.2, 0.25) is 0 Å². The number of hydrogen-bond donors (Lipinski definition) is 0. The number of thiophene rings is 1. The summed E-state index contributed by atoms with van der Waals surface area (Å²) in [6, 6.07) is 63.8. The second-order valence-electron chi connectivity index (χ2n) is 14.0. The van der Waals surface area contributed by atoms with Gasteiger partial charge in [-0.2, -0.15) is 0 Å². The molecule has 11 aromatic carbocycles. The van der Waals surface area contributed by atoms with Crippen molar-refractivity contribution >= 4 is 96.1 Å². The summed E-state index contributed by atoms with van der Waals surface area (Å²) in [5, 5.41) is 18.6. The average molecular weight is 661 g/mol. The van der Waals surface area contributed by atoms with Gasteiger partial charge < -0.3 is 0 Å². The quantitative estimate of drug-likeness (QED) is 0.165. The molecule has 1 heterocycles. The highest BCUT2D eigenvalue weighted by molar-refractivity contribution is 7.25. The van der Waals surface area contributed by atoms with Crippen LogP contribution in [0.25, 0.3) is 118 Å². The smallest absolute Gasteiger partial charge is 0.0355 e. The van der Waals surface area contributed by atoms with Gasteiger partial charge in [0.15, 0.2) is 0 Å². The van der Waals surface area contributed by atoms with Crippen molar-refractivity contribution in [1.82, 2.24) is 0 Å². The maximum atomic E-state index is 2.42. The molecule has 0 saturated heterocycles. The molecule has 0 saturated carbocycles. The lowest BCUT2D eigenvalue weighted by Gasteiger charge is -2.14. The van der Waals surface area contributed by atoms with Crippen LogP contribution >= 0.6 is 11.3 Å². The molecule has 1 aromatic heterocycles. The van der Waals surface area contributed by atoms with Gasteiger partial charge >= 0.3 is 0 Å². The van der Waals surface area contributed by atoms with E-state index in [4.69, 9.17) is 0 Å². The highest BCUT2D eigenvalue weighted by Gasteiger charge is 2.15. The third-order valence-electron chi connectivity index (χ3n) is 11.4. The van der Waals surface area contributed by atoms with Crippen molar-refractivity contribution in [2.24, 2.45) is 0 Å². The molecule has 0 bridgehead atoms. The first-order chi connectivity index (χ1) is 25.2. The molecule has 12 aromatic rings. The van der Waals surface area contributed by atoms with Crippen LogP contribution in [-0.2, 0) is 0 Å². The fraction of sp³-hybridized carbons (Fsp3) is 0. The molecule has 0 fully saturated rings. The lowest BCUT2D eigenvalue weighted by molar-refractivity contribution is 1.63. The van der Waals surface area contributed by atoms with E-state index < -0.39 is 0 Å². The molecule has 0 aliphatic heterocycles. The molecule has 0 unspecified atom stereocenters. The number of rotatable bonds is 3. The van der Waals surface area contributed by atoms with Crippen molar-refractivity contribution in [2.75, 3.05) is 0 Å². The minimum absolute atomic E-state index is 1.24. The molecule has 0 N–H and O–H groups in total. The van der Waals surface area contributed by atoms with Crippen LogP contribution in [-0.4, -0.2) is 0 Å². The van der Waals surface area contributed by atoms with E-state index in [1.54, 1.807) is 0 Å². The summed E-state index contributed by atoms with van der Waals surface area (Å²) >= 11 is 1.88. The predicted octanol–water partition coefficient (Wildman–Crippen LogP) is 14.9. The average Bonchev–Trinajstić information content (AvgIpc) is 3.56. The van der Waals surface area contributed by atoms with Crippen molar-refractivity contribution < 1.29 is 0 Å². The van der Waals surface area contributed by atoms with Gasteiger partial charge in [0.1, 0.15) is 0 Å². The van der Waals surface area contributed by atoms with Gasteiger partial charge in [-0.1, -0.05) is 146 Å². The number of hydrogen-bond acceptors (Lipinski definition) is 1. The maximum absolute atomic E-state index is 2.42. The number of fused-ring (bicyclic) bond motifs is 3. The molecule has 0 amide bonds. The third kappa shape index (κ3) is 3.90. The van der Waals surface area contributed by atoms with Gasteiger partial charge in [-0.25, -0.2) is 0 Å². The van der Waals surface area contributed by atoms with Crippen molar-refractivity contribution in [3.8, 4) is 33.4 Å². The molecule has 12 rings (SSSR count). The van der Waals surface area contributed by atoms with E-state index >= 15 is 0 Å². The fourth-order valence-electron chi connectivity index (χ4n) is 8.94. The van der Waals surface area contributed by atoms with E-state index in [2.05, 4.69) is 170 Å². The Balaban J connectivity index is 0.964. The molecular formula is C50H28S. The minimum atomic E-state index is 1.24. The first kappa shape index (κ1) is 27.5. The van der Waals surface area contributed by atoms with Gasteiger partial charge in [0.05, 0.1) is 0 Å². The molecule has 0 spiro atoms. The van der Waals surface area contributed by atoms with E-state index in [9.17, 15) is 0 Å². The van der Waals surface area contributed by atoms with E-state index in [-0.39, 0.29) is 0 Å². The Hall–Kier alpha value is -6.28. The van der Waals surface area contributed by atoms with Crippen LogP contribution in [0.3, 0.4) is 0 Å². The highest BCUT2D eigenvalue weighted by Crippen LogP contribution is 2.43. The highest BCUT2D eigenvalue weighted by atomic mass is 32.1. The van der Waals surface area contributed by atoms with Crippen LogP contribution in [0.15, 0.2) is 170 Å². The first-order valence-corrected chi connectivity index (χ1v) is 18.5. The Morgan fingerprint density at radius 1 is 0.255 bits per heavy atom. The van der Waals surface area contributed by atoms with Crippen molar-refractivity contribution in [2.45, 2.75) is 0 Å². The van der Waals surface area contributed by atoms with Crippen molar-refractivity contribution in [1.29, 1.82) is 0 Å². The lowest BCUT2D eigenvalue weighted by atomic mass is 9.89. The third-order valence-corrected chi connectivity index (χ3v) is 12.5. The Kier molecular flexibility index (Phi) is 5.47. The van der Waals surface area contributed by atoms with Crippen LogP contribution in [0.4, 0.5) is 0 Å². The topological polar surface area (TPSA) is 0 Å². The second kappa shape index (κ2) is 10.1. The van der Waals surface area contributed by atoms with Crippen molar-refractivity contribution in [3.05, 3.63) is 170 Å². The van der Waals surface area contributed by atoms with Crippen LogP contribution in [0.1, 0.15) is 0 Å². The Morgan fingerprint density at radius 2 is 0.647 bits per heavy atom. The lowest BCUT2D eigenvalue weighted by Crippen LogP contribution is -1.87. The van der Waals surface area contributed by atoms with E-state index in [0.717, 1.165) is 0 Å². The SMILES string of the molecule is c1cc2ccc3ccc(-c4ccc(-c5ccc6sc7ccc(-c8ccc9ccc%10cccc%11ccc8c9c%10%11)cc7c6c5)cc4)c4ccc(c1)c2c34. The van der Waals surface area contributed by atoms with E-state index in [1.807, 2.05) is 11.3 Å².